The summed E-state index contributed by atoms with van der Waals surface area (Å²) < 4.78 is 6.82. The minimum Gasteiger partial charge on any atom is -0.344 e. The third kappa shape index (κ3) is 4.52. The minimum atomic E-state index is -0.454. The molecule has 0 saturated carbocycles. The first-order chi connectivity index (χ1) is 16.7. The van der Waals surface area contributed by atoms with Gasteiger partial charge in [0.05, 0.1) is 17.3 Å². The van der Waals surface area contributed by atoms with Gasteiger partial charge in [-0.3, -0.25) is 9.48 Å². The highest BCUT2D eigenvalue weighted by Gasteiger charge is 2.23. The number of imidazole rings is 1. The monoisotopic (exact) mass is 490 g/mol. The summed E-state index contributed by atoms with van der Waals surface area (Å²) in [5.74, 6) is 0.628. The maximum absolute atomic E-state index is 12.5. The molecule has 10 nitrogen and oxygen atoms in total. The van der Waals surface area contributed by atoms with Crippen molar-refractivity contribution in [3.63, 3.8) is 0 Å². The van der Waals surface area contributed by atoms with Gasteiger partial charge >= 0.3 is 11.8 Å². The van der Waals surface area contributed by atoms with Crippen LogP contribution in [0.3, 0.4) is 0 Å². The van der Waals surface area contributed by atoms with Crippen molar-refractivity contribution in [3.05, 3.63) is 65.2 Å². The first-order valence-electron chi connectivity index (χ1n) is 10.9. The Labute approximate surface area is 205 Å². The van der Waals surface area contributed by atoms with Crippen molar-refractivity contribution in [2.45, 2.75) is 32.7 Å². The smallest absolute Gasteiger partial charge is 0.315 e. The predicted molar refractivity (Wildman–Crippen MR) is 131 cm³/mol. The number of carbonyl (C=O) groups excluding carboxylic acids is 1. The lowest BCUT2D eigenvalue weighted by Crippen LogP contribution is -2.23. The zero-order chi connectivity index (χ0) is 24.7. The summed E-state index contributed by atoms with van der Waals surface area (Å²) >= 11 is 6.57. The highest BCUT2D eigenvalue weighted by atomic mass is 35.5. The van der Waals surface area contributed by atoms with Crippen LogP contribution in [-0.4, -0.2) is 40.8 Å². The van der Waals surface area contributed by atoms with E-state index in [1.54, 1.807) is 17.1 Å². The van der Waals surface area contributed by atoms with Gasteiger partial charge in [-0.25, -0.2) is 9.97 Å². The molecule has 0 atom stereocenters. The quantitative estimate of drug-likeness (QED) is 0.376. The molecule has 0 bridgehead atoms. The van der Waals surface area contributed by atoms with E-state index in [4.69, 9.17) is 16.1 Å². The molecule has 0 aliphatic rings. The number of benzene rings is 1. The molecule has 0 spiro atoms. The van der Waals surface area contributed by atoms with Crippen molar-refractivity contribution in [1.29, 1.82) is 0 Å². The zero-order valence-corrected chi connectivity index (χ0v) is 20.4. The molecule has 5 rings (SSSR count). The number of pyridine rings is 1. The Kier molecular flexibility index (Phi) is 5.60. The second-order valence-corrected chi connectivity index (χ2v) is 9.61. The van der Waals surface area contributed by atoms with E-state index in [9.17, 15) is 4.79 Å². The lowest BCUT2D eigenvalue weighted by atomic mass is 9.96. The maximum atomic E-state index is 12.5. The van der Waals surface area contributed by atoms with E-state index in [0.717, 1.165) is 27.8 Å². The summed E-state index contributed by atoms with van der Waals surface area (Å²) in [5.41, 5.74) is 4.52. The third-order valence-corrected chi connectivity index (χ3v) is 5.82. The first kappa shape index (κ1) is 22.7. The van der Waals surface area contributed by atoms with Gasteiger partial charge in [0.25, 0.3) is 0 Å². The molecule has 4 heterocycles. The Morgan fingerprint density at radius 1 is 1.20 bits per heavy atom. The first-order valence-corrected chi connectivity index (χ1v) is 11.3. The van der Waals surface area contributed by atoms with Crippen LogP contribution >= 0.6 is 11.6 Å². The second-order valence-electron chi connectivity index (χ2n) is 9.21. The molecule has 35 heavy (non-hydrogen) atoms. The zero-order valence-electron chi connectivity index (χ0n) is 19.6. The van der Waals surface area contributed by atoms with E-state index in [-0.39, 0.29) is 17.9 Å². The van der Waals surface area contributed by atoms with Crippen molar-refractivity contribution in [1.82, 2.24) is 40.2 Å². The molecule has 1 amide bonds. The molecular weight excluding hydrogens is 468 g/mol. The van der Waals surface area contributed by atoms with Crippen LogP contribution in [0.5, 0.6) is 0 Å². The molecule has 11 heteroatoms. The van der Waals surface area contributed by atoms with Gasteiger partial charge in [0.15, 0.2) is 11.5 Å². The van der Waals surface area contributed by atoms with Gasteiger partial charge < -0.3 is 14.8 Å². The van der Waals surface area contributed by atoms with Gasteiger partial charge in [-0.1, -0.05) is 49.7 Å². The fourth-order valence-electron chi connectivity index (χ4n) is 3.56. The number of fused-ring (bicyclic) bond motifs is 1. The number of aromatic nitrogens is 7. The molecule has 5 aromatic rings. The number of hydrogen-bond acceptors (Lipinski definition) is 7. The van der Waals surface area contributed by atoms with Crippen molar-refractivity contribution >= 4 is 28.7 Å². The highest BCUT2D eigenvalue weighted by molar-refractivity contribution is 6.31. The summed E-state index contributed by atoms with van der Waals surface area (Å²) in [6.07, 6.45) is 5.34. The average molecular weight is 491 g/mol. The standard InChI is InChI=1S/C24H23ClN8O2/c1-24(2,3)23-31-22(35-32-23)21(34)27-10-14-6-5-13(9-17(14)25)16-7-8-26-20-18(16)29-19(30-20)15-11-28-33(4)12-15/h5-9,11-12H,10H2,1-4H3,(H,27,34)(H,26,29,30). The summed E-state index contributed by atoms with van der Waals surface area (Å²) in [4.78, 5) is 29.0. The van der Waals surface area contributed by atoms with Crippen LogP contribution in [0, 0.1) is 0 Å². The molecule has 0 aliphatic heterocycles. The Hall–Kier alpha value is -4.05. The normalized spacial score (nSPS) is 11.8. The predicted octanol–water partition coefficient (Wildman–Crippen LogP) is 4.29. The van der Waals surface area contributed by atoms with Crippen LogP contribution in [0.15, 0.2) is 47.4 Å². The fourth-order valence-corrected chi connectivity index (χ4v) is 3.81. The van der Waals surface area contributed by atoms with Crippen LogP contribution in [0.25, 0.3) is 33.7 Å². The van der Waals surface area contributed by atoms with Crippen molar-refractivity contribution in [2.75, 3.05) is 0 Å². The highest BCUT2D eigenvalue weighted by Crippen LogP contribution is 2.31. The molecule has 0 radical (unpaired) electrons. The number of nitrogens with one attached hydrogen (secondary N) is 2. The summed E-state index contributed by atoms with van der Waals surface area (Å²) in [6, 6.07) is 7.57. The van der Waals surface area contributed by atoms with E-state index in [2.05, 4.69) is 35.5 Å². The summed E-state index contributed by atoms with van der Waals surface area (Å²) in [5, 5.41) is 11.4. The number of amides is 1. The van der Waals surface area contributed by atoms with Crippen molar-refractivity contribution in [3.8, 4) is 22.5 Å². The molecular formula is C24H23ClN8O2. The fraction of sp³-hybridized carbons (Fsp3) is 0.250. The van der Waals surface area contributed by atoms with E-state index < -0.39 is 5.91 Å². The molecule has 4 aromatic heterocycles. The van der Waals surface area contributed by atoms with Crippen LogP contribution in [-0.2, 0) is 19.0 Å². The Morgan fingerprint density at radius 3 is 2.71 bits per heavy atom. The number of H-pyrrole nitrogens is 1. The van der Waals surface area contributed by atoms with E-state index in [1.165, 1.54) is 0 Å². The number of carbonyl (C=O) groups is 1. The topological polar surface area (TPSA) is 127 Å². The average Bonchev–Trinajstić information content (AvgIpc) is 3.56. The van der Waals surface area contributed by atoms with Crippen molar-refractivity contribution in [2.24, 2.45) is 7.05 Å². The van der Waals surface area contributed by atoms with Crippen molar-refractivity contribution < 1.29 is 9.32 Å². The Bertz CT molecular complexity index is 1540. The van der Waals surface area contributed by atoms with Crippen LogP contribution in [0.1, 0.15) is 42.8 Å². The molecule has 0 saturated heterocycles. The summed E-state index contributed by atoms with van der Waals surface area (Å²) in [6.45, 7) is 6.05. The molecule has 0 fully saturated rings. The lowest BCUT2D eigenvalue weighted by molar-refractivity contribution is 0.0907. The van der Waals surface area contributed by atoms with Gasteiger partial charge in [-0.15, -0.1) is 0 Å². The van der Waals surface area contributed by atoms with Gasteiger partial charge in [0.1, 0.15) is 5.82 Å². The number of halogens is 1. The molecule has 0 aliphatic carbocycles. The molecule has 1 aromatic carbocycles. The van der Waals surface area contributed by atoms with Gasteiger partial charge in [-0.2, -0.15) is 10.1 Å². The summed E-state index contributed by atoms with van der Waals surface area (Å²) in [7, 11) is 1.85. The maximum Gasteiger partial charge on any atom is 0.315 e. The Morgan fingerprint density at radius 2 is 2.03 bits per heavy atom. The van der Waals surface area contributed by atoms with Crippen LogP contribution < -0.4 is 5.32 Å². The van der Waals surface area contributed by atoms with Gasteiger partial charge in [0, 0.05) is 42.0 Å². The van der Waals surface area contributed by atoms with E-state index >= 15 is 0 Å². The number of aryl methyl sites for hydroxylation is 1. The molecule has 178 valence electrons. The van der Waals surface area contributed by atoms with E-state index in [1.807, 2.05) is 58.3 Å². The number of aromatic amines is 1. The van der Waals surface area contributed by atoms with Crippen LogP contribution in [0.4, 0.5) is 0 Å². The Balaban J connectivity index is 1.36. The van der Waals surface area contributed by atoms with Gasteiger partial charge in [-0.05, 0) is 23.3 Å². The SMILES string of the molecule is Cn1cc(-c2nc3nccc(-c4ccc(CNC(=O)c5nc(C(C)(C)C)no5)c(Cl)c4)c3[nH]2)cn1. The van der Waals surface area contributed by atoms with E-state index in [0.29, 0.717) is 22.3 Å². The van der Waals surface area contributed by atoms with Gasteiger partial charge in [0.2, 0.25) is 0 Å². The number of hydrogen-bond donors (Lipinski definition) is 2. The number of rotatable bonds is 5. The molecule has 2 N–H and O–H groups in total. The minimum absolute atomic E-state index is 0.0782. The number of nitrogens with zero attached hydrogens (tertiary/aromatic N) is 6. The lowest BCUT2D eigenvalue weighted by Gasteiger charge is -2.11. The molecule has 0 unspecified atom stereocenters. The second kappa shape index (κ2) is 8.62. The third-order valence-electron chi connectivity index (χ3n) is 5.46. The largest absolute Gasteiger partial charge is 0.344 e. The van der Waals surface area contributed by atoms with Crippen LogP contribution in [0.2, 0.25) is 5.02 Å².